The second-order valence-corrected chi connectivity index (χ2v) is 5.50. The van der Waals surface area contributed by atoms with Crippen molar-refractivity contribution < 1.29 is 4.74 Å². The van der Waals surface area contributed by atoms with Gasteiger partial charge in [0.1, 0.15) is 5.75 Å². The maximum Gasteiger partial charge on any atom is 0.121 e. The van der Waals surface area contributed by atoms with Crippen molar-refractivity contribution in [3.05, 3.63) is 41.2 Å². The number of rotatable bonds is 6. The number of hydrogen-bond acceptors (Lipinski definition) is 3. The third kappa shape index (κ3) is 3.76. The predicted octanol–water partition coefficient (Wildman–Crippen LogP) is 3.67. The molecule has 1 aromatic carbocycles. The topological polar surface area (TPSA) is 49.9 Å². The van der Waals surface area contributed by atoms with Gasteiger partial charge in [-0.05, 0) is 31.9 Å². The molecule has 108 valence electrons. The third-order valence-corrected chi connectivity index (χ3v) is 3.17. The lowest BCUT2D eigenvalue weighted by Gasteiger charge is -2.11. The monoisotopic (exact) mass is 273 g/mol. The zero-order valence-electron chi connectivity index (χ0n) is 12.7. The van der Waals surface area contributed by atoms with Crippen molar-refractivity contribution in [1.29, 1.82) is 0 Å². The number of nitrogens with zero attached hydrogens (tertiary/aromatic N) is 1. The van der Waals surface area contributed by atoms with E-state index in [1.54, 1.807) is 0 Å². The van der Waals surface area contributed by atoms with E-state index < -0.39 is 0 Å². The second-order valence-electron chi connectivity index (χ2n) is 5.50. The molecule has 0 saturated carbocycles. The Kier molecular flexibility index (Phi) is 4.66. The Morgan fingerprint density at radius 1 is 1.30 bits per heavy atom. The average molecular weight is 273 g/mol. The van der Waals surface area contributed by atoms with Crippen LogP contribution in [0.25, 0.3) is 0 Å². The zero-order chi connectivity index (χ0) is 14.5. The highest BCUT2D eigenvalue weighted by Gasteiger charge is 2.06. The molecule has 20 heavy (non-hydrogen) atoms. The first-order chi connectivity index (χ1) is 9.56. The molecule has 2 aromatic rings. The molecule has 0 bridgehead atoms. The summed E-state index contributed by atoms with van der Waals surface area (Å²) < 4.78 is 5.73. The quantitative estimate of drug-likeness (QED) is 0.844. The van der Waals surface area contributed by atoms with E-state index in [0.717, 1.165) is 36.0 Å². The summed E-state index contributed by atoms with van der Waals surface area (Å²) in [5.74, 6) is 1.44. The van der Waals surface area contributed by atoms with Crippen LogP contribution in [-0.4, -0.2) is 16.8 Å². The molecular formula is C16H23N3O. The van der Waals surface area contributed by atoms with Crippen LogP contribution < -0.4 is 10.1 Å². The summed E-state index contributed by atoms with van der Waals surface area (Å²) in [6, 6.07) is 8.08. The number of H-pyrrole nitrogens is 1. The lowest BCUT2D eigenvalue weighted by molar-refractivity contribution is 0.271. The fraction of sp³-hybridized carbons (Fsp3) is 0.438. The molecular weight excluding hydrogens is 250 g/mol. The van der Waals surface area contributed by atoms with E-state index >= 15 is 0 Å². The van der Waals surface area contributed by atoms with Crippen LogP contribution in [0.5, 0.6) is 5.75 Å². The molecule has 0 saturated heterocycles. The van der Waals surface area contributed by atoms with Gasteiger partial charge in [0.15, 0.2) is 0 Å². The molecule has 0 fully saturated rings. The molecule has 1 aromatic heterocycles. The lowest BCUT2D eigenvalue weighted by atomic mass is 10.2. The van der Waals surface area contributed by atoms with Crippen LogP contribution in [-0.2, 0) is 6.54 Å². The number of aromatic nitrogens is 2. The Hall–Kier alpha value is -1.97. The minimum Gasteiger partial charge on any atom is -0.493 e. The van der Waals surface area contributed by atoms with E-state index in [0.29, 0.717) is 5.92 Å². The van der Waals surface area contributed by atoms with E-state index in [2.05, 4.69) is 29.4 Å². The Morgan fingerprint density at radius 3 is 2.75 bits per heavy atom. The molecule has 0 atom stereocenters. The average Bonchev–Trinajstić information content (AvgIpc) is 2.74. The fourth-order valence-electron chi connectivity index (χ4n) is 1.98. The number of aryl methyl sites for hydroxylation is 2. The first kappa shape index (κ1) is 14.4. The molecule has 0 radical (unpaired) electrons. The van der Waals surface area contributed by atoms with Gasteiger partial charge in [-0.1, -0.05) is 19.9 Å². The summed E-state index contributed by atoms with van der Waals surface area (Å²) in [6.45, 7) is 9.85. The smallest absolute Gasteiger partial charge is 0.121 e. The van der Waals surface area contributed by atoms with E-state index in [-0.39, 0.29) is 0 Å². The van der Waals surface area contributed by atoms with E-state index in [1.165, 1.54) is 5.56 Å². The molecule has 0 amide bonds. The Labute approximate surface area is 120 Å². The summed E-state index contributed by atoms with van der Waals surface area (Å²) >= 11 is 0. The van der Waals surface area contributed by atoms with E-state index in [1.807, 2.05) is 38.1 Å². The highest BCUT2D eigenvalue weighted by atomic mass is 16.5. The third-order valence-electron chi connectivity index (χ3n) is 3.17. The van der Waals surface area contributed by atoms with Crippen LogP contribution in [0.4, 0.5) is 5.69 Å². The summed E-state index contributed by atoms with van der Waals surface area (Å²) in [4.78, 5) is 0. The van der Waals surface area contributed by atoms with Gasteiger partial charge < -0.3 is 10.1 Å². The first-order valence-corrected chi connectivity index (χ1v) is 7.03. The van der Waals surface area contributed by atoms with Gasteiger partial charge in [0.25, 0.3) is 0 Å². The Balaban J connectivity index is 1.98. The first-order valence-electron chi connectivity index (χ1n) is 7.03. The van der Waals surface area contributed by atoms with Gasteiger partial charge in [-0.15, -0.1) is 0 Å². The molecule has 2 rings (SSSR count). The number of benzene rings is 1. The van der Waals surface area contributed by atoms with Crippen molar-refractivity contribution >= 4 is 5.69 Å². The van der Waals surface area contributed by atoms with Crippen LogP contribution in [0.1, 0.15) is 30.8 Å². The zero-order valence-corrected chi connectivity index (χ0v) is 12.7. The minimum atomic E-state index is 0.530. The number of ether oxygens (including phenoxy) is 1. The van der Waals surface area contributed by atoms with Crippen molar-refractivity contribution in [2.24, 2.45) is 5.92 Å². The van der Waals surface area contributed by atoms with Crippen molar-refractivity contribution in [1.82, 2.24) is 10.2 Å². The van der Waals surface area contributed by atoms with Crippen molar-refractivity contribution in [2.75, 3.05) is 11.9 Å². The van der Waals surface area contributed by atoms with Gasteiger partial charge in [0.2, 0.25) is 0 Å². The van der Waals surface area contributed by atoms with Crippen LogP contribution in [0.2, 0.25) is 0 Å². The predicted molar refractivity (Wildman–Crippen MR) is 82.2 cm³/mol. The maximum atomic E-state index is 5.73. The van der Waals surface area contributed by atoms with Crippen LogP contribution in [0.3, 0.4) is 0 Å². The van der Waals surface area contributed by atoms with E-state index in [4.69, 9.17) is 4.74 Å². The minimum absolute atomic E-state index is 0.530. The van der Waals surface area contributed by atoms with Crippen LogP contribution in [0, 0.1) is 19.8 Å². The maximum absolute atomic E-state index is 5.73. The largest absolute Gasteiger partial charge is 0.493 e. The summed E-state index contributed by atoms with van der Waals surface area (Å²) in [6.07, 6.45) is 0. The van der Waals surface area contributed by atoms with Crippen molar-refractivity contribution in [3.8, 4) is 5.75 Å². The number of nitrogens with one attached hydrogen (secondary N) is 2. The van der Waals surface area contributed by atoms with Gasteiger partial charge >= 0.3 is 0 Å². The van der Waals surface area contributed by atoms with Gasteiger partial charge in [-0.25, -0.2) is 0 Å². The molecule has 1 heterocycles. The van der Waals surface area contributed by atoms with Gasteiger partial charge in [-0.2, -0.15) is 5.10 Å². The fourth-order valence-corrected chi connectivity index (χ4v) is 1.98. The number of hydrogen-bond donors (Lipinski definition) is 2. The molecule has 4 heteroatoms. The standard InChI is InChI=1S/C16H23N3O/c1-11(2)10-20-15-7-5-6-14(8-15)17-9-16-12(3)18-19-13(16)4/h5-8,11,17H,9-10H2,1-4H3,(H,18,19). The van der Waals surface area contributed by atoms with Gasteiger partial charge in [0, 0.05) is 29.6 Å². The molecule has 0 aliphatic rings. The molecule has 0 aliphatic heterocycles. The van der Waals surface area contributed by atoms with Crippen LogP contribution >= 0.6 is 0 Å². The number of anilines is 1. The Morgan fingerprint density at radius 2 is 2.10 bits per heavy atom. The van der Waals surface area contributed by atoms with E-state index in [9.17, 15) is 0 Å². The molecule has 4 nitrogen and oxygen atoms in total. The van der Waals surface area contributed by atoms with Gasteiger partial charge in [-0.3, -0.25) is 5.10 Å². The molecule has 0 spiro atoms. The number of aromatic amines is 1. The molecule has 2 N–H and O–H groups in total. The normalized spacial score (nSPS) is 10.8. The summed E-state index contributed by atoms with van der Waals surface area (Å²) in [5, 5.41) is 10.6. The Bertz CT molecular complexity index is 541. The summed E-state index contributed by atoms with van der Waals surface area (Å²) in [7, 11) is 0. The molecule has 0 aliphatic carbocycles. The SMILES string of the molecule is Cc1n[nH]c(C)c1CNc1cccc(OCC(C)C)c1. The van der Waals surface area contributed by atoms with Crippen molar-refractivity contribution in [3.63, 3.8) is 0 Å². The van der Waals surface area contributed by atoms with Crippen molar-refractivity contribution in [2.45, 2.75) is 34.2 Å². The summed E-state index contributed by atoms with van der Waals surface area (Å²) in [5.41, 5.74) is 4.44. The second kappa shape index (κ2) is 6.46. The van der Waals surface area contributed by atoms with Crippen LogP contribution in [0.15, 0.2) is 24.3 Å². The van der Waals surface area contributed by atoms with Gasteiger partial charge in [0.05, 0.1) is 12.3 Å². The molecule has 0 unspecified atom stereocenters. The lowest BCUT2D eigenvalue weighted by Crippen LogP contribution is -2.05. The highest BCUT2D eigenvalue weighted by Crippen LogP contribution is 2.19. The highest BCUT2D eigenvalue weighted by molar-refractivity contribution is 5.49.